The Hall–Kier alpha value is -3.68. The molecule has 8 heteroatoms. The average molecular weight is 423 g/mol. The number of hydrogen-bond donors (Lipinski definition) is 2. The number of urea groups is 1. The third-order valence-corrected chi connectivity index (χ3v) is 5.10. The van der Waals surface area contributed by atoms with Gasteiger partial charge in [-0.15, -0.1) is 0 Å². The molecule has 1 saturated heterocycles. The van der Waals surface area contributed by atoms with Crippen LogP contribution in [0.2, 0.25) is 0 Å². The van der Waals surface area contributed by atoms with Gasteiger partial charge in [0.1, 0.15) is 12.1 Å². The molecular formula is C23H25N3O5. The summed E-state index contributed by atoms with van der Waals surface area (Å²) in [6, 6.07) is 15.4. The summed E-state index contributed by atoms with van der Waals surface area (Å²) in [5.41, 5.74) is 0.417. The van der Waals surface area contributed by atoms with Crippen LogP contribution in [0.4, 0.5) is 10.5 Å². The van der Waals surface area contributed by atoms with Gasteiger partial charge in [0.25, 0.3) is 5.91 Å². The number of carbonyl (C=O) groups is 4. The van der Waals surface area contributed by atoms with E-state index in [0.717, 1.165) is 10.5 Å². The highest BCUT2D eigenvalue weighted by atomic mass is 16.5. The van der Waals surface area contributed by atoms with Crippen LogP contribution in [-0.2, 0) is 20.7 Å². The molecule has 2 aromatic rings. The topological polar surface area (TPSA) is 105 Å². The van der Waals surface area contributed by atoms with Gasteiger partial charge in [-0.2, -0.15) is 0 Å². The van der Waals surface area contributed by atoms with Crippen LogP contribution in [0, 0.1) is 0 Å². The second-order valence-corrected chi connectivity index (χ2v) is 7.45. The second kappa shape index (κ2) is 9.42. The van der Waals surface area contributed by atoms with Gasteiger partial charge in [-0.1, -0.05) is 42.5 Å². The molecule has 0 spiro atoms. The SMILES string of the molecule is CCOC(=O)c1ccccc1NC(=O)CN1C(=O)NC(C)(CCc2ccccc2)C1=O. The maximum atomic E-state index is 12.9. The third kappa shape index (κ3) is 5.09. The summed E-state index contributed by atoms with van der Waals surface area (Å²) < 4.78 is 4.99. The van der Waals surface area contributed by atoms with Gasteiger partial charge in [-0.25, -0.2) is 9.59 Å². The first-order valence-electron chi connectivity index (χ1n) is 10.1. The third-order valence-electron chi connectivity index (χ3n) is 5.10. The first kappa shape index (κ1) is 22.0. The predicted octanol–water partition coefficient (Wildman–Crippen LogP) is 2.75. The van der Waals surface area contributed by atoms with Crippen LogP contribution >= 0.6 is 0 Å². The van der Waals surface area contributed by atoms with Gasteiger partial charge in [-0.05, 0) is 44.4 Å². The number of anilines is 1. The van der Waals surface area contributed by atoms with Crippen molar-refractivity contribution in [1.82, 2.24) is 10.2 Å². The number of benzene rings is 2. The van der Waals surface area contributed by atoms with E-state index in [0.29, 0.717) is 12.8 Å². The molecule has 3 rings (SSSR count). The van der Waals surface area contributed by atoms with Gasteiger partial charge in [0, 0.05) is 0 Å². The van der Waals surface area contributed by atoms with E-state index in [9.17, 15) is 19.2 Å². The molecular weight excluding hydrogens is 398 g/mol. The molecule has 2 aromatic carbocycles. The van der Waals surface area contributed by atoms with Crippen molar-refractivity contribution in [3.8, 4) is 0 Å². The average Bonchev–Trinajstić information content (AvgIpc) is 2.97. The van der Waals surface area contributed by atoms with Crippen molar-refractivity contribution in [3.63, 3.8) is 0 Å². The molecule has 0 aliphatic carbocycles. The summed E-state index contributed by atoms with van der Waals surface area (Å²) >= 11 is 0. The Balaban J connectivity index is 1.65. The van der Waals surface area contributed by atoms with Crippen molar-refractivity contribution in [1.29, 1.82) is 0 Å². The fourth-order valence-corrected chi connectivity index (χ4v) is 3.41. The molecule has 1 aliphatic heterocycles. The normalized spacial score (nSPS) is 17.9. The molecule has 1 heterocycles. The zero-order valence-electron chi connectivity index (χ0n) is 17.5. The molecule has 0 aromatic heterocycles. The zero-order valence-corrected chi connectivity index (χ0v) is 17.5. The number of imide groups is 1. The minimum atomic E-state index is -1.09. The van der Waals surface area contributed by atoms with E-state index in [-0.39, 0.29) is 17.9 Å². The minimum absolute atomic E-state index is 0.197. The number of nitrogens with one attached hydrogen (secondary N) is 2. The smallest absolute Gasteiger partial charge is 0.340 e. The number of ether oxygens (including phenoxy) is 1. The molecule has 0 saturated carbocycles. The summed E-state index contributed by atoms with van der Waals surface area (Å²) in [6.07, 6.45) is 1.02. The number of aryl methyl sites for hydroxylation is 1. The number of hydrogen-bond acceptors (Lipinski definition) is 5. The number of nitrogens with zero attached hydrogens (tertiary/aromatic N) is 1. The number of amides is 4. The van der Waals surface area contributed by atoms with E-state index in [1.807, 2.05) is 30.3 Å². The van der Waals surface area contributed by atoms with Crippen LogP contribution in [0.3, 0.4) is 0 Å². The first-order chi connectivity index (χ1) is 14.8. The number of carbonyl (C=O) groups excluding carboxylic acids is 4. The van der Waals surface area contributed by atoms with Crippen molar-refractivity contribution in [2.24, 2.45) is 0 Å². The Morgan fingerprint density at radius 1 is 1.06 bits per heavy atom. The largest absolute Gasteiger partial charge is 0.462 e. The molecule has 162 valence electrons. The molecule has 2 N–H and O–H groups in total. The van der Waals surface area contributed by atoms with E-state index in [1.165, 1.54) is 6.07 Å². The van der Waals surface area contributed by atoms with E-state index < -0.39 is 35.9 Å². The maximum Gasteiger partial charge on any atom is 0.340 e. The molecule has 1 unspecified atom stereocenters. The van der Waals surface area contributed by atoms with Gasteiger partial charge < -0.3 is 15.4 Å². The van der Waals surface area contributed by atoms with Crippen LogP contribution in [0.5, 0.6) is 0 Å². The Kier molecular flexibility index (Phi) is 6.69. The fourth-order valence-electron chi connectivity index (χ4n) is 3.41. The van der Waals surface area contributed by atoms with Gasteiger partial charge in [-0.3, -0.25) is 14.5 Å². The molecule has 0 radical (unpaired) electrons. The molecule has 0 bridgehead atoms. The van der Waals surface area contributed by atoms with Crippen molar-refractivity contribution < 1.29 is 23.9 Å². The maximum absolute atomic E-state index is 12.9. The van der Waals surface area contributed by atoms with Gasteiger partial charge in [0.05, 0.1) is 17.9 Å². The monoisotopic (exact) mass is 423 g/mol. The lowest BCUT2D eigenvalue weighted by Gasteiger charge is -2.21. The molecule has 8 nitrogen and oxygen atoms in total. The van der Waals surface area contributed by atoms with Crippen LogP contribution < -0.4 is 10.6 Å². The second-order valence-electron chi connectivity index (χ2n) is 7.45. The van der Waals surface area contributed by atoms with E-state index in [1.54, 1.807) is 32.0 Å². The Labute approximate surface area is 180 Å². The quantitative estimate of drug-likeness (QED) is 0.502. The highest BCUT2D eigenvalue weighted by Gasteiger charge is 2.47. The number of rotatable bonds is 8. The fraction of sp³-hybridized carbons (Fsp3) is 0.304. The zero-order chi connectivity index (χ0) is 22.4. The summed E-state index contributed by atoms with van der Waals surface area (Å²) in [6.45, 7) is 3.09. The Morgan fingerprint density at radius 3 is 2.45 bits per heavy atom. The highest BCUT2D eigenvalue weighted by Crippen LogP contribution is 2.24. The molecule has 1 aliphatic rings. The minimum Gasteiger partial charge on any atom is -0.462 e. The van der Waals surface area contributed by atoms with E-state index >= 15 is 0 Å². The lowest BCUT2D eigenvalue weighted by Crippen LogP contribution is -2.45. The van der Waals surface area contributed by atoms with Crippen LogP contribution in [0.1, 0.15) is 36.2 Å². The van der Waals surface area contributed by atoms with E-state index in [4.69, 9.17) is 4.74 Å². The summed E-state index contributed by atoms with van der Waals surface area (Å²) in [7, 11) is 0. The summed E-state index contributed by atoms with van der Waals surface area (Å²) in [5, 5.41) is 5.29. The van der Waals surface area contributed by atoms with Crippen LogP contribution in [0.25, 0.3) is 0 Å². The molecule has 31 heavy (non-hydrogen) atoms. The Morgan fingerprint density at radius 2 is 1.74 bits per heavy atom. The van der Waals surface area contributed by atoms with E-state index in [2.05, 4.69) is 10.6 Å². The van der Waals surface area contributed by atoms with Crippen molar-refractivity contribution in [2.75, 3.05) is 18.5 Å². The lowest BCUT2D eigenvalue weighted by molar-refractivity contribution is -0.133. The standard InChI is InChI=1S/C23H25N3O5/c1-3-31-20(28)17-11-7-8-12-18(17)24-19(27)15-26-21(29)23(2,25-22(26)30)14-13-16-9-5-4-6-10-16/h4-12H,3,13-15H2,1-2H3,(H,24,27)(H,25,30). The summed E-state index contributed by atoms with van der Waals surface area (Å²) in [5.74, 6) is -1.61. The number of para-hydroxylation sites is 1. The van der Waals surface area contributed by atoms with Gasteiger partial charge in [0.15, 0.2) is 0 Å². The van der Waals surface area contributed by atoms with Crippen LogP contribution in [0.15, 0.2) is 54.6 Å². The summed E-state index contributed by atoms with van der Waals surface area (Å²) in [4.78, 5) is 50.8. The predicted molar refractivity (Wildman–Crippen MR) is 114 cm³/mol. The first-order valence-corrected chi connectivity index (χ1v) is 10.1. The van der Waals surface area contributed by atoms with Gasteiger partial charge >= 0.3 is 12.0 Å². The highest BCUT2D eigenvalue weighted by molar-refractivity contribution is 6.10. The van der Waals surface area contributed by atoms with Gasteiger partial charge in [0.2, 0.25) is 5.91 Å². The van der Waals surface area contributed by atoms with Crippen LogP contribution in [-0.4, -0.2) is 47.4 Å². The Bertz CT molecular complexity index is 992. The van der Waals surface area contributed by atoms with Crippen molar-refractivity contribution >= 4 is 29.5 Å². The molecule has 4 amide bonds. The number of esters is 1. The molecule has 1 fully saturated rings. The van der Waals surface area contributed by atoms with Crippen molar-refractivity contribution in [2.45, 2.75) is 32.2 Å². The lowest BCUT2D eigenvalue weighted by atomic mass is 9.93. The van der Waals surface area contributed by atoms with Crippen molar-refractivity contribution in [3.05, 3.63) is 65.7 Å². The molecule has 1 atom stereocenters.